The van der Waals surface area contributed by atoms with Crippen molar-refractivity contribution < 1.29 is 0 Å². The Bertz CT molecular complexity index is 630. The van der Waals surface area contributed by atoms with Crippen LogP contribution in [-0.2, 0) is 6.42 Å². The van der Waals surface area contributed by atoms with Gasteiger partial charge in [0, 0.05) is 5.69 Å². The van der Waals surface area contributed by atoms with E-state index in [1.807, 2.05) is 10.7 Å². The Balaban J connectivity index is 2.53. The van der Waals surface area contributed by atoms with Gasteiger partial charge in [0.2, 0.25) is 0 Å². The second-order valence-electron chi connectivity index (χ2n) is 5.23. The number of aromatic nitrogens is 2. The molecule has 0 spiro atoms. The molecule has 0 aliphatic heterocycles. The highest BCUT2D eigenvalue weighted by Gasteiger charge is 2.12. The van der Waals surface area contributed by atoms with Crippen LogP contribution in [0.1, 0.15) is 42.3 Å². The van der Waals surface area contributed by atoms with Crippen LogP contribution in [0.2, 0.25) is 0 Å². The molecule has 19 heavy (non-hydrogen) atoms. The van der Waals surface area contributed by atoms with Gasteiger partial charge in [0.25, 0.3) is 0 Å². The lowest BCUT2D eigenvalue weighted by Crippen LogP contribution is -2.04. The fourth-order valence-electron chi connectivity index (χ4n) is 2.09. The molecule has 0 radical (unpaired) electrons. The van der Waals surface area contributed by atoms with Crippen molar-refractivity contribution in [1.29, 1.82) is 5.26 Å². The van der Waals surface area contributed by atoms with Gasteiger partial charge in [-0.25, -0.2) is 4.68 Å². The topological polar surface area (TPSA) is 41.6 Å². The van der Waals surface area contributed by atoms with Crippen molar-refractivity contribution in [2.75, 3.05) is 0 Å². The molecule has 1 aromatic heterocycles. The molecule has 0 fully saturated rings. The lowest BCUT2D eigenvalue weighted by atomic mass is 10.1. The largest absolute Gasteiger partial charge is 0.237 e. The minimum absolute atomic E-state index is 0.359. The fourth-order valence-corrected chi connectivity index (χ4v) is 2.09. The Morgan fingerprint density at radius 2 is 1.95 bits per heavy atom. The number of hydrogen-bond acceptors (Lipinski definition) is 2. The summed E-state index contributed by atoms with van der Waals surface area (Å²) in [6.45, 7) is 8.50. The highest BCUT2D eigenvalue weighted by Crippen LogP contribution is 2.22. The second kappa shape index (κ2) is 5.27. The molecule has 3 heteroatoms. The Kier molecular flexibility index (Phi) is 3.71. The minimum Gasteiger partial charge on any atom is -0.237 e. The number of hydrogen-bond donors (Lipinski definition) is 0. The molecule has 3 nitrogen and oxygen atoms in total. The van der Waals surface area contributed by atoms with Crippen LogP contribution in [0.25, 0.3) is 5.69 Å². The maximum atomic E-state index is 8.81. The van der Waals surface area contributed by atoms with Crippen molar-refractivity contribution in [2.24, 2.45) is 0 Å². The van der Waals surface area contributed by atoms with Gasteiger partial charge in [-0.15, -0.1) is 0 Å². The van der Waals surface area contributed by atoms with Gasteiger partial charge in [0.15, 0.2) is 0 Å². The summed E-state index contributed by atoms with van der Waals surface area (Å²) in [4.78, 5) is 0. The monoisotopic (exact) mass is 253 g/mol. The molecule has 0 aliphatic rings. The highest BCUT2D eigenvalue weighted by atomic mass is 15.3. The van der Waals surface area contributed by atoms with Crippen LogP contribution in [0.15, 0.2) is 24.3 Å². The zero-order chi connectivity index (χ0) is 14.0. The van der Waals surface area contributed by atoms with E-state index in [1.54, 1.807) is 0 Å². The molecule has 0 amide bonds. The number of nitrogens with zero attached hydrogens (tertiary/aromatic N) is 3. The number of rotatable bonds is 3. The lowest BCUT2D eigenvalue weighted by molar-refractivity contribution is 0.729. The molecule has 0 bridgehead atoms. The first-order valence-electron chi connectivity index (χ1n) is 6.56. The average Bonchev–Trinajstić information content (AvgIpc) is 2.77. The van der Waals surface area contributed by atoms with Gasteiger partial charge < -0.3 is 0 Å². The minimum atomic E-state index is 0.359. The summed E-state index contributed by atoms with van der Waals surface area (Å²) >= 11 is 0. The van der Waals surface area contributed by atoms with E-state index in [0.717, 1.165) is 17.1 Å². The molecule has 1 aromatic carbocycles. The molecule has 2 rings (SSSR count). The molecule has 0 aliphatic carbocycles. The quantitative estimate of drug-likeness (QED) is 0.837. The molecule has 0 atom stereocenters. The molecule has 0 N–H and O–H groups in total. The summed E-state index contributed by atoms with van der Waals surface area (Å²) in [7, 11) is 0. The van der Waals surface area contributed by atoms with Crippen molar-refractivity contribution in [3.05, 3.63) is 46.8 Å². The van der Waals surface area contributed by atoms with Gasteiger partial charge in [0.05, 0.1) is 23.9 Å². The third kappa shape index (κ3) is 2.68. The van der Waals surface area contributed by atoms with Crippen LogP contribution in [0, 0.1) is 25.2 Å². The van der Waals surface area contributed by atoms with E-state index in [2.05, 4.69) is 57.1 Å². The summed E-state index contributed by atoms with van der Waals surface area (Å²) in [6, 6.07) is 10.5. The Labute approximate surface area is 114 Å². The zero-order valence-corrected chi connectivity index (χ0v) is 11.9. The molecule has 98 valence electrons. The van der Waals surface area contributed by atoms with Gasteiger partial charge in [-0.2, -0.15) is 10.4 Å². The third-order valence-corrected chi connectivity index (χ3v) is 3.37. The normalized spacial score (nSPS) is 10.7. The average molecular weight is 253 g/mol. The first-order chi connectivity index (χ1) is 9.02. The maximum Gasteiger partial charge on any atom is 0.0793 e. The summed E-state index contributed by atoms with van der Waals surface area (Å²) in [5.74, 6) is 0.376. The predicted molar refractivity (Wildman–Crippen MR) is 76.4 cm³/mol. The van der Waals surface area contributed by atoms with Crippen LogP contribution >= 0.6 is 0 Å². The molecular weight excluding hydrogens is 234 g/mol. The van der Waals surface area contributed by atoms with E-state index < -0.39 is 0 Å². The van der Waals surface area contributed by atoms with Crippen LogP contribution in [-0.4, -0.2) is 9.78 Å². The maximum absolute atomic E-state index is 8.81. The predicted octanol–water partition coefficient (Wildman–Crippen LogP) is 3.68. The van der Waals surface area contributed by atoms with Gasteiger partial charge in [0.1, 0.15) is 0 Å². The van der Waals surface area contributed by atoms with Crippen molar-refractivity contribution in [3.63, 3.8) is 0 Å². The molecule has 1 heterocycles. The van der Waals surface area contributed by atoms with Gasteiger partial charge in [-0.05, 0) is 49.1 Å². The molecule has 0 saturated carbocycles. The zero-order valence-electron chi connectivity index (χ0n) is 11.9. The van der Waals surface area contributed by atoms with Gasteiger partial charge >= 0.3 is 0 Å². The van der Waals surface area contributed by atoms with E-state index in [0.29, 0.717) is 12.3 Å². The second-order valence-corrected chi connectivity index (χ2v) is 5.23. The Morgan fingerprint density at radius 3 is 2.53 bits per heavy atom. The van der Waals surface area contributed by atoms with Crippen LogP contribution < -0.4 is 0 Å². The number of nitriles is 1. The molecule has 2 aromatic rings. The third-order valence-electron chi connectivity index (χ3n) is 3.37. The SMILES string of the molecule is Cc1ccc(-n2nc(CC#N)cc2C(C)C)cc1C. The molecule has 0 saturated heterocycles. The standard InChI is InChI=1S/C16H19N3/c1-11(2)16-10-14(7-8-17)18-19(16)15-6-5-12(3)13(4)9-15/h5-6,9-11H,7H2,1-4H3. The van der Waals surface area contributed by atoms with E-state index in [1.165, 1.54) is 11.1 Å². The first-order valence-corrected chi connectivity index (χ1v) is 6.56. The van der Waals surface area contributed by atoms with Gasteiger partial charge in [-0.3, -0.25) is 0 Å². The lowest BCUT2D eigenvalue weighted by Gasteiger charge is -2.11. The van der Waals surface area contributed by atoms with E-state index >= 15 is 0 Å². The highest BCUT2D eigenvalue weighted by molar-refractivity contribution is 5.41. The summed E-state index contributed by atoms with van der Waals surface area (Å²) in [5.41, 5.74) is 5.58. The number of benzene rings is 1. The van der Waals surface area contributed by atoms with Crippen molar-refractivity contribution in [3.8, 4) is 11.8 Å². The van der Waals surface area contributed by atoms with Crippen LogP contribution in [0.5, 0.6) is 0 Å². The molecule has 0 unspecified atom stereocenters. The van der Waals surface area contributed by atoms with E-state index in [4.69, 9.17) is 5.26 Å². The fraction of sp³-hybridized carbons (Fsp3) is 0.375. The smallest absolute Gasteiger partial charge is 0.0793 e. The summed E-state index contributed by atoms with van der Waals surface area (Å²) in [6.07, 6.45) is 0.359. The number of aryl methyl sites for hydroxylation is 2. The van der Waals surface area contributed by atoms with E-state index in [-0.39, 0.29) is 0 Å². The van der Waals surface area contributed by atoms with Gasteiger partial charge in [-0.1, -0.05) is 19.9 Å². The van der Waals surface area contributed by atoms with Crippen molar-refractivity contribution in [1.82, 2.24) is 9.78 Å². The summed E-state index contributed by atoms with van der Waals surface area (Å²) < 4.78 is 1.96. The van der Waals surface area contributed by atoms with Crippen LogP contribution in [0.3, 0.4) is 0 Å². The summed E-state index contributed by atoms with van der Waals surface area (Å²) in [5, 5.41) is 13.4. The van der Waals surface area contributed by atoms with E-state index in [9.17, 15) is 0 Å². The van der Waals surface area contributed by atoms with Crippen LogP contribution in [0.4, 0.5) is 0 Å². The molecular formula is C16H19N3. The Hall–Kier alpha value is -2.08. The van der Waals surface area contributed by atoms with Crippen molar-refractivity contribution >= 4 is 0 Å². The van der Waals surface area contributed by atoms with Crippen molar-refractivity contribution in [2.45, 2.75) is 40.0 Å². The first kappa shape index (κ1) is 13.4. The Morgan fingerprint density at radius 1 is 1.21 bits per heavy atom.